The first-order valence-corrected chi connectivity index (χ1v) is 6.99. The maximum Gasteiger partial charge on any atom is 0.258 e. The summed E-state index contributed by atoms with van der Waals surface area (Å²) < 4.78 is 0. The molecule has 0 saturated carbocycles. The second-order valence-corrected chi connectivity index (χ2v) is 5.40. The molecule has 0 atom stereocenters. The molecule has 0 bridgehead atoms. The van der Waals surface area contributed by atoms with E-state index in [9.17, 15) is 4.79 Å². The highest BCUT2D eigenvalue weighted by molar-refractivity contribution is 6.31. The van der Waals surface area contributed by atoms with Gasteiger partial charge in [-0.25, -0.2) is 0 Å². The summed E-state index contributed by atoms with van der Waals surface area (Å²) in [5.41, 5.74) is 9.25. The third kappa shape index (κ3) is 2.37. The van der Waals surface area contributed by atoms with E-state index in [1.54, 1.807) is 24.3 Å². The van der Waals surface area contributed by atoms with Gasteiger partial charge in [0.05, 0.1) is 0 Å². The number of nitrogens with two attached hydrogens (primary N) is 1. The van der Waals surface area contributed by atoms with Crippen molar-refractivity contribution in [3.05, 3.63) is 58.6 Å². The van der Waals surface area contributed by atoms with E-state index in [-0.39, 0.29) is 5.91 Å². The van der Waals surface area contributed by atoms with Crippen LogP contribution in [0.15, 0.2) is 42.5 Å². The zero-order valence-corrected chi connectivity index (χ0v) is 11.7. The highest BCUT2D eigenvalue weighted by atomic mass is 35.5. The van der Waals surface area contributed by atoms with E-state index in [4.69, 9.17) is 17.3 Å². The Morgan fingerprint density at radius 2 is 2.05 bits per heavy atom. The maximum absolute atomic E-state index is 12.6. The van der Waals surface area contributed by atoms with Gasteiger partial charge in [0, 0.05) is 28.5 Å². The Morgan fingerprint density at radius 3 is 2.85 bits per heavy atom. The van der Waals surface area contributed by atoms with E-state index >= 15 is 0 Å². The number of carbonyl (C=O) groups excluding carboxylic acids is 1. The molecule has 2 aromatic rings. The minimum atomic E-state index is -0.0155. The summed E-state index contributed by atoms with van der Waals surface area (Å²) in [5, 5.41) is 0.574. The highest BCUT2D eigenvalue weighted by Gasteiger charge is 2.23. The number of hydrogen-bond donors (Lipinski definition) is 1. The van der Waals surface area contributed by atoms with Crippen molar-refractivity contribution >= 4 is 28.9 Å². The second kappa shape index (κ2) is 5.17. The number of amides is 1. The number of halogens is 1. The van der Waals surface area contributed by atoms with Gasteiger partial charge in [0.2, 0.25) is 0 Å². The van der Waals surface area contributed by atoms with Gasteiger partial charge in [-0.1, -0.05) is 17.7 Å². The molecule has 0 spiro atoms. The molecule has 2 N–H and O–H groups in total. The fraction of sp³-hybridized carbons (Fsp3) is 0.188. The smallest absolute Gasteiger partial charge is 0.258 e. The van der Waals surface area contributed by atoms with Crippen LogP contribution in [0.5, 0.6) is 0 Å². The molecule has 3 rings (SSSR count). The third-order valence-corrected chi connectivity index (χ3v) is 3.77. The lowest BCUT2D eigenvalue weighted by atomic mass is 10.00. The fourth-order valence-electron chi connectivity index (χ4n) is 2.61. The molecule has 0 saturated heterocycles. The van der Waals surface area contributed by atoms with Crippen LogP contribution in [-0.4, -0.2) is 12.5 Å². The SMILES string of the molecule is Nc1ccc2c(c1)CCCN2C(=O)c1cccc(Cl)c1. The minimum Gasteiger partial charge on any atom is -0.399 e. The van der Waals surface area contributed by atoms with Gasteiger partial charge in [-0.3, -0.25) is 4.79 Å². The zero-order chi connectivity index (χ0) is 14.1. The molecule has 1 aliphatic rings. The fourth-order valence-corrected chi connectivity index (χ4v) is 2.80. The Bertz CT molecular complexity index is 669. The van der Waals surface area contributed by atoms with E-state index in [1.807, 2.05) is 23.1 Å². The van der Waals surface area contributed by atoms with E-state index in [0.717, 1.165) is 36.3 Å². The molecule has 102 valence electrons. The van der Waals surface area contributed by atoms with Crippen molar-refractivity contribution in [1.29, 1.82) is 0 Å². The van der Waals surface area contributed by atoms with Crippen molar-refractivity contribution in [3.8, 4) is 0 Å². The first kappa shape index (κ1) is 13.0. The first-order valence-electron chi connectivity index (χ1n) is 6.61. The van der Waals surface area contributed by atoms with Crippen molar-refractivity contribution in [2.24, 2.45) is 0 Å². The first-order chi connectivity index (χ1) is 9.65. The molecule has 1 aliphatic heterocycles. The molecule has 20 heavy (non-hydrogen) atoms. The number of anilines is 2. The largest absolute Gasteiger partial charge is 0.399 e. The summed E-state index contributed by atoms with van der Waals surface area (Å²) in [6, 6.07) is 12.8. The van der Waals surface area contributed by atoms with Crippen LogP contribution in [0.1, 0.15) is 22.3 Å². The minimum absolute atomic E-state index is 0.0155. The third-order valence-electron chi connectivity index (χ3n) is 3.54. The summed E-state index contributed by atoms with van der Waals surface area (Å²) in [5.74, 6) is -0.0155. The summed E-state index contributed by atoms with van der Waals surface area (Å²) in [6.07, 6.45) is 1.91. The summed E-state index contributed by atoms with van der Waals surface area (Å²) in [4.78, 5) is 14.4. The number of carbonyl (C=O) groups is 1. The molecule has 1 heterocycles. The topological polar surface area (TPSA) is 46.3 Å². The van der Waals surface area contributed by atoms with Crippen LogP contribution in [0.2, 0.25) is 5.02 Å². The number of hydrogen-bond acceptors (Lipinski definition) is 2. The highest BCUT2D eigenvalue weighted by Crippen LogP contribution is 2.30. The maximum atomic E-state index is 12.6. The molecule has 0 unspecified atom stereocenters. The van der Waals surface area contributed by atoms with Gasteiger partial charge in [0.1, 0.15) is 0 Å². The number of nitrogens with zero attached hydrogens (tertiary/aromatic N) is 1. The molecular weight excluding hydrogens is 272 g/mol. The Morgan fingerprint density at radius 1 is 1.20 bits per heavy atom. The van der Waals surface area contributed by atoms with Gasteiger partial charge in [-0.2, -0.15) is 0 Å². The van der Waals surface area contributed by atoms with Crippen molar-refractivity contribution in [2.75, 3.05) is 17.2 Å². The predicted octanol–water partition coefficient (Wildman–Crippen LogP) is 3.52. The van der Waals surface area contributed by atoms with Gasteiger partial charge >= 0.3 is 0 Å². The second-order valence-electron chi connectivity index (χ2n) is 4.96. The van der Waals surface area contributed by atoms with E-state index in [2.05, 4.69) is 0 Å². The normalized spacial score (nSPS) is 13.9. The zero-order valence-electron chi connectivity index (χ0n) is 11.0. The Hall–Kier alpha value is -2.00. The predicted molar refractivity (Wildman–Crippen MR) is 82.3 cm³/mol. The molecule has 4 heteroatoms. The molecule has 0 radical (unpaired) electrons. The lowest BCUT2D eigenvalue weighted by molar-refractivity contribution is 0.0985. The Labute approximate surface area is 123 Å². The molecule has 0 aromatic heterocycles. The molecule has 0 fully saturated rings. The Kier molecular flexibility index (Phi) is 3.36. The van der Waals surface area contributed by atoms with Crippen LogP contribution in [0.25, 0.3) is 0 Å². The summed E-state index contributed by atoms with van der Waals surface area (Å²) in [7, 11) is 0. The Balaban J connectivity index is 1.98. The summed E-state index contributed by atoms with van der Waals surface area (Å²) >= 11 is 5.96. The van der Waals surface area contributed by atoms with Crippen LogP contribution >= 0.6 is 11.6 Å². The van der Waals surface area contributed by atoms with E-state index < -0.39 is 0 Å². The lowest BCUT2D eigenvalue weighted by Gasteiger charge is -2.29. The van der Waals surface area contributed by atoms with Crippen LogP contribution < -0.4 is 10.6 Å². The number of fused-ring (bicyclic) bond motifs is 1. The van der Waals surface area contributed by atoms with Crippen molar-refractivity contribution < 1.29 is 4.79 Å². The number of benzene rings is 2. The van der Waals surface area contributed by atoms with Crippen molar-refractivity contribution in [2.45, 2.75) is 12.8 Å². The number of aryl methyl sites for hydroxylation is 1. The molecule has 3 nitrogen and oxygen atoms in total. The van der Waals surface area contributed by atoms with Crippen LogP contribution in [0, 0.1) is 0 Å². The van der Waals surface area contributed by atoms with Gasteiger partial charge in [-0.15, -0.1) is 0 Å². The van der Waals surface area contributed by atoms with Crippen LogP contribution in [0.3, 0.4) is 0 Å². The quantitative estimate of drug-likeness (QED) is 0.816. The molecule has 0 aliphatic carbocycles. The lowest BCUT2D eigenvalue weighted by Crippen LogP contribution is -2.35. The number of nitrogen functional groups attached to an aromatic ring is 1. The standard InChI is InChI=1S/C16H15ClN2O/c17-13-5-1-3-12(9-13)16(20)19-8-2-4-11-10-14(18)6-7-15(11)19/h1,3,5-7,9-10H,2,4,8,18H2. The van der Waals surface area contributed by atoms with Crippen molar-refractivity contribution in [3.63, 3.8) is 0 Å². The van der Waals surface area contributed by atoms with Gasteiger partial charge in [0.15, 0.2) is 0 Å². The van der Waals surface area contributed by atoms with Crippen molar-refractivity contribution in [1.82, 2.24) is 0 Å². The van der Waals surface area contributed by atoms with Crippen LogP contribution in [-0.2, 0) is 6.42 Å². The van der Waals surface area contributed by atoms with E-state index in [0.29, 0.717) is 10.6 Å². The van der Waals surface area contributed by atoms with Gasteiger partial charge in [-0.05, 0) is 54.8 Å². The van der Waals surface area contributed by atoms with Crippen LogP contribution in [0.4, 0.5) is 11.4 Å². The summed E-state index contributed by atoms with van der Waals surface area (Å²) in [6.45, 7) is 0.724. The molecule has 2 aromatic carbocycles. The van der Waals surface area contributed by atoms with Gasteiger partial charge in [0.25, 0.3) is 5.91 Å². The average molecular weight is 287 g/mol. The van der Waals surface area contributed by atoms with Gasteiger partial charge < -0.3 is 10.6 Å². The monoisotopic (exact) mass is 286 g/mol. The number of rotatable bonds is 1. The average Bonchev–Trinajstić information content (AvgIpc) is 2.45. The van der Waals surface area contributed by atoms with E-state index in [1.165, 1.54) is 0 Å². The molecule has 1 amide bonds. The molecular formula is C16H15ClN2O.